The molecule has 0 radical (unpaired) electrons. The number of anilines is 3. The number of aromatic nitrogens is 1. The van der Waals surface area contributed by atoms with Gasteiger partial charge in [-0.1, -0.05) is 12.1 Å². The van der Waals surface area contributed by atoms with Crippen LogP contribution in [0.1, 0.15) is 31.8 Å². The van der Waals surface area contributed by atoms with Crippen LogP contribution >= 0.6 is 11.5 Å². The topological polar surface area (TPSA) is 162 Å². The van der Waals surface area contributed by atoms with Gasteiger partial charge < -0.3 is 35.9 Å². The first-order valence-corrected chi connectivity index (χ1v) is 12.3. The number of methoxy groups -OCH3 is 1. The molecule has 1 aromatic heterocycles. The third-order valence-electron chi connectivity index (χ3n) is 5.85. The van der Waals surface area contributed by atoms with E-state index < -0.39 is 23.8 Å². The van der Waals surface area contributed by atoms with E-state index in [0.717, 1.165) is 17.2 Å². The number of carbonyl (C=O) groups is 3. The predicted octanol–water partition coefficient (Wildman–Crippen LogP) is 1.77. The monoisotopic (exact) mass is 540 g/mol. The SMILES string of the molecule is COCCNC(=O)[C@H](c1ccc(N(C)C)cc1)N(C(=O)c1snc(C(N)=O)c1N)c1ccc2c(c1)OCO2. The van der Waals surface area contributed by atoms with Gasteiger partial charge in [0.2, 0.25) is 12.7 Å². The molecule has 5 N–H and O–H groups in total. The zero-order valence-corrected chi connectivity index (χ0v) is 21.9. The van der Waals surface area contributed by atoms with Gasteiger partial charge in [0.25, 0.3) is 11.8 Å². The van der Waals surface area contributed by atoms with Gasteiger partial charge in [-0.05, 0) is 41.4 Å². The highest BCUT2D eigenvalue weighted by atomic mass is 32.1. The van der Waals surface area contributed by atoms with Crippen LogP contribution < -0.4 is 36.1 Å². The van der Waals surface area contributed by atoms with Crippen LogP contribution in [0.25, 0.3) is 0 Å². The van der Waals surface area contributed by atoms with Crippen molar-refractivity contribution in [2.45, 2.75) is 6.04 Å². The number of rotatable bonds is 10. The van der Waals surface area contributed by atoms with Gasteiger partial charge in [-0.25, -0.2) is 0 Å². The van der Waals surface area contributed by atoms with Crippen molar-refractivity contribution in [2.24, 2.45) is 5.73 Å². The first-order chi connectivity index (χ1) is 18.2. The number of benzene rings is 2. The van der Waals surface area contributed by atoms with Crippen molar-refractivity contribution in [3.05, 3.63) is 58.6 Å². The predicted molar refractivity (Wildman–Crippen MR) is 143 cm³/mol. The standard InChI is InChI=1S/C25H28N6O6S/c1-30(2)15-6-4-14(5-7-15)21(24(33)28-10-11-35-3)31(16-8-9-17-18(12-16)37-13-36-17)25(34)22-19(26)20(23(27)32)29-38-22/h4-9,12,21H,10-11,13,26H2,1-3H3,(H2,27,32)(H,28,33)/t21-/m0/s1. The molecule has 4 rings (SSSR count). The maximum absolute atomic E-state index is 14.1. The Labute approximate surface area is 223 Å². The second-order valence-electron chi connectivity index (χ2n) is 8.52. The fourth-order valence-electron chi connectivity index (χ4n) is 3.90. The Morgan fingerprint density at radius 3 is 2.42 bits per heavy atom. The number of hydrogen-bond acceptors (Lipinski definition) is 10. The summed E-state index contributed by atoms with van der Waals surface area (Å²) >= 11 is 0.732. The van der Waals surface area contributed by atoms with Crippen molar-refractivity contribution in [1.29, 1.82) is 0 Å². The maximum Gasteiger partial charge on any atom is 0.273 e. The van der Waals surface area contributed by atoms with Crippen LogP contribution in [0.3, 0.4) is 0 Å². The number of nitrogen functional groups attached to an aromatic ring is 1. The highest BCUT2D eigenvalue weighted by Gasteiger charge is 2.36. The van der Waals surface area contributed by atoms with Crippen molar-refractivity contribution in [3.8, 4) is 11.5 Å². The van der Waals surface area contributed by atoms with E-state index in [-0.39, 0.29) is 36.2 Å². The molecular formula is C25H28N6O6S. The summed E-state index contributed by atoms with van der Waals surface area (Å²) in [5, 5.41) is 2.82. The number of nitrogens with two attached hydrogens (primary N) is 2. The van der Waals surface area contributed by atoms with Crippen molar-refractivity contribution < 1.29 is 28.6 Å². The summed E-state index contributed by atoms with van der Waals surface area (Å²) in [6.45, 7) is 0.530. The zero-order chi connectivity index (χ0) is 27.4. The number of fused-ring (bicyclic) bond motifs is 1. The molecule has 0 saturated carbocycles. The van der Waals surface area contributed by atoms with E-state index in [1.165, 1.54) is 12.0 Å². The Balaban J connectivity index is 1.86. The largest absolute Gasteiger partial charge is 0.454 e. The number of ether oxygens (including phenoxy) is 3. The molecule has 1 aliphatic heterocycles. The maximum atomic E-state index is 14.1. The van der Waals surface area contributed by atoms with Crippen LogP contribution in [0.2, 0.25) is 0 Å². The number of primary amides is 1. The minimum absolute atomic E-state index is 0.0312. The molecule has 0 aliphatic carbocycles. The molecule has 12 nitrogen and oxygen atoms in total. The lowest BCUT2D eigenvalue weighted by Gasteiger charge is -2.31. The van der Waals surface area contributed by atoms with E-state index in [4.69, 9.17) is 25.7 Å². The molecule has 1 atom stereocenters. The fraction of sp³-hybridized carbons (Fsp3) is 0.280. The second kappa shape index (κ2) is 11.4. The number of nitrogens with one attached hydrogen (secondary N) is 1. The Morgan fingerprint density at radius 2 is 1.79 bits per heavy atom. The molecule has 200 valence electrons. The summed E-state index contributed by atoms with van der Waals surface area (Å²) in [4.78, 5) is 42.7. The third-order valence-corrected chi connectivity index (χ3v) is 6.70. The number of nitrogens with zero attached hydrogens (tertiary/aromatic N) is 3. The molecule has 3 amide bonds. The van der Waals surface area contributed by atoms with Crippen molar-refractivity contribution in [1.82, 2.24) is 9.69 Å². The Morgan fingerprint density at radius 1 is 1.11 bits per heavy atom. The molecule has 2 heterocycles. The van der Waals surface area contributed by atoms with Gasteiger partial charge in [0, 0.05) is 45.2 Å². The fourth-order valence-corrected chi connectivity index (χ4v) is 4.64. The highest BCUT2D eigenvalue weighted by molar-refractivity contribution is 7.09. The van der Waals surface area contributed by atoms with Gasteiger partial charge in [-0.2, -0.15) is 4.37 Å². The summed E-state index contributed by atoms with van der Waals surface area (Å²) in [7, 11) is 5.32. The zero-order valence-electron chi connectivity index (χ0n) is 21.1. The lowest BCUT2D eigenvalue weighted by atomic mass is 10.0. The second-order valence-corrected chi connectivity index (χ2v) is 9.30. The first kappa shape index (κ1) is 26.7. The Bertz CT molecular complexity index is 1340. The molecule has 1 aliphatic rings. The highest BCUT2D eigenvalue weighted by Crippen LogP contribution is 2.40. The minimum atomic E-state index is -1.13. The number of carbonyl (C=O) groups excluding carboxylic acids is 3. The molecule has 0 unspecified atom stereocenters. The molecule has 38 heavy (non-hydrogen) atoms. The lowest BCUT2D eigenvalue weighted by molar-refractivity contribution is -0.122. The Kier molecular flexibility index (Phi) is 7.98. The summed E-state index contributed by atoms with van der Waals surface area (Å²) in [5.41, 5.74) is 12.9. The average Bonchev–Trinajstić information content (AvgIpc) is 3.53. The molecule has 0 fully saturated rings. The summed E-state index contributed by atoms with van der Waals surface area (Å²) in [6.07, 6.45) is 0. The molecular weight excluding hydrogens is 512 g/mol. The number of amides is 3. The quantitative estimate of drug-likeness (QED) is 0.325. The van der Waals surface area contributed by atoms with Gasteiger partial charge in [0.15, 0.2) is 17.2 Å². The van der Waals surface area contributed by atoms with Crippen molar-refractivity contribution in [3.63, 3.8) is 0 Å². The van der Waals surface area contributed by atoms with Gasteiger partial charge >= 0.3 is 0 Å². The molecule has 0 spiro atoms. The first-order valence-electron chi connectivity index (χ1n) is 11.5. The molecule has 2 aromatic carbocycles. The smallest absolute Gasteiger partial charge is 0.273 e. The number of hydrogen-bond donors (Lipinski definition) is 3. The lowest BCUT2D eigenvalue weighted by Crippen LogP contribution is -2.44. The van der Waals surface area contributed by atoms with E-state index >= 15 is 0 Å². The third kappa shape index (κ3) is 5.33. The van der Waals surface area contributed by atoms with Crippen LogP contribution in [0.4, 0.5) is 17.1 Å². The molecule has 3 aromatic rings. The van der Waals surface area contributed by atoms with E-state index in [1.807, 2.05) is 31.1 Å². The molecule has 0 saturated heterocycles. The van der Waals surface area contributed by atoms with Gasteiger partial charge in [-0.3, -0.25) is 19.3 Å². The Hall–Kier alpha value is -4.36. The minimum Gasteiger partial charge on any atom is -0.454 e. The van der Waals surface area contributed by atoms with E-state index in [0.29, 0.717) is 22.7 Å². The summed E-state index contributed by atoms with van der Waals surface area (Å²) in [6, 6.07) is 11.0. The molecule has 13 heteroatoms. The van der Waals surface area contributed by atoms with Gasteiger partial charge in [0.05, 0.1) is 12.3 Å². The van der Waals surface area contributed by atoms with Crippen molar-refractivity contribution in [2.75, 3.05) is 56.7 Å². The van der Waals surface area contributed by atoms with Crippen LogP contribution in [0.15, 0.2) is 42.5 Å². The van der Waals surface area contributed by atoms with Crippen LogP contribution in [0.5, 0.6) is 11.5 Å². The molecule has 0 bridgehead atoms. The normalized spacial score (nSPS) is 12.6. The van der Waals surface area contributed by atoms with Crippen molar-refractivity contribution >= 4 is 46.3 Å². The average molecular weight is 541 g/mol. The summed E-state index contributed by atoms with van der Waals surface area (Å²) in [5.74, 6) is -1.04. The van der Waals surface area contributed by atoms with Crippen LogP contribution in [-0.2, 0) is 9.53 Å². The van der Waals surface area contributed by atoms with Gasteiger partial charge in [0.1, 0.15) is 10.9 Å². The van der Waals surface area contributed by atoms with Gasteiger partial charge in [-0.15, -0.1) is 0 Å². The van der Waals surface area contributed by atoms with E-state index in [1.54, 1.807) is 30.3 Å². The van der Waals surface area contributed by atoms with E-state index in [9.17, 15) is 14.4 Å². The van der Waals surface area contributed by atoms with Crippen LogP contribution in [-0.4, -0.2) is 63.2 Å². The summed E-state index contributed by atoms with van der Waals surface area (Å²) < 4.78 is 20.0. The van der Waals surface area contributed by atoms with Crippen LogP contribution in [0, 0.1) is 0 Å². The van der Waals surface area contributed by atoms with E-state index in [2.05, 4.69) is 9.69 Å².